The van der Waals surface area contributed by atoms with Crippen molar-refractivity contribution in [3.8, 4) is 5.75 Å². The third-order valence-corrected chi connectivity index (χ3v) is 2.88. The van der Waals surface area contributed by atoms with Gasteiger partial charge >= 0.3 is 0 Å². The van der Waals surface area contributed by atoms with Crippen LogP contribution in [0, 0.1) is 5.41 Å². The molecule has 0 spiro atoms. The van der Waals surface area contributed by atoms with Gasteiger partial charge in [0.15, 0.2) is 0 Å². The quantitative estimate of drug-likeness (QED) is 0.737. The van der Waals surface area contributed by atoms with E-state index in [1.807, 2.05) is 12.1 Å². The topological polar surface area (TPSA) is 46.2 Å². The van der Waals surface area contributed by atoms with Crippen molar-refractivity contribution < 1.29 is 5.11 Å². The maximum Gasteiger partial charge on any atom is 0.115 e. The van der Waals surface area contributed by atoms with Crippen molar-refractivity contribution in [2.24, 2.45) is 11.1 Å². The van der Waals surface area contributed by atoms with Gasteiger partial charge in [0.2, 0.25) is 0 Å². The Morgan fingerprint density at radius 3 is 2.69 bits per heavy atom. The molecule has 0 atom stereocenters. The van der Waals surface area contributed by atoms with Gasteiger partial charge in [-0.15, -0.1) is 0 Å². The Morgan fingerprint density at radius 2 is 2.15 bits per heavy atom. The molecule has 1 aromatic rings. The molecule has 1 aromatic carbocycles. The lowest BCUT2D eigenvalue weighted by Gasteiger charge is -2.11. The lowest BCUT2D eigenvalue weighted by Crippen LogP contribution is -2.17. The number of hydrogen-bond acceptors (Lipinski definition) is 2. The van der Waals surface area contributed by atoms with Gasteiger partial charge in [0.1, 0.15) is 5.75 Å². The monoisotopic (exact) mass is 177 g/mol. The fraction of sp³-hybridized carbons (Fsp3) is 0.455. The zero-order valence-electron chi connectivity index (χ0n) is 7.66. The summed E-state index contributed by atoms with van der Waals surface area (Å²) >= 11 is 0. The normalized spacial score (nSPS) is 18.5. The van der Waals surface area contributed by atoms with Crippen LogP contribution in [0.25, 0.3) is 0 Å². The highest BCUT2D eigenvalue weighted by molar-refractivity contribution is 5.28. The Bertz CT molecular complexity index is 305. The molecule has 0 bridgehead atoms. The van der Waals surface area contributed by atoms with Crippen LogP contribution in [0.15, 0.2) is 24.3 Å². The molecule has 0 unspecified atom stereocenters. The Morgan fingerprint density at radius 1 is 1.38 bits per heavy atom. The first kappa shape index (κ1) is 8.57. The molecule has 2 heteroatoms. The van der Waals surface area contributed by atoms with Gasteiger partial charge in [-0.1, -0.05) is 12.1 Å². The Labute approximate surface area is 78.4 Å². The molecule has 0 saturated heterocycles. The molecule has 1 fully saturated rings. The minimum absolute atomic E-state index is 0.352. The molecular weight excluding hydrogens is 162 g/mol. The molecule has 2 rings (SSSR count). The second-order valence-corrected chi connectivity index (χ2v) is 4.05. The van der Waals surface area contributed by atoms with E-state index in [0.29, 0.717) is 11.2 Å². The third kappa shape index (κ3) is 1.83. The van der Waals surface area contributed by atoms with Crippen molar-refractivity contribution in [2.45, 2.75) is 19.3 Å². The lowest BCUT2D eigenvalue weighted by atomic mass is 9.97. The van der Waals surface area contributed by atoms with Crippen molar-refractivity contribution in [3.63, 3.8) is 0 Å². The molecule has 1 aliphatic rings. The fourth-order valence-electron chi connectivity index (χ4n) is 1.73. The van der Waals surface area contributed by atoms with Crippen LogP contribution in [0.1, 0.15) is 18.4 Å². The van der Waals surface area contributed by atoms with Crippen LogP contribution >= 0.6 is 0 Å². The summed E-state index contributed by atoms with van der Waals surface area (Å²) in [5.74, 6) is 0.352. The molecule has 13 heavy (non-hydrogen) atoms. The minimum atomic E-state index is 0.352. The molecule has 0 heterocycles. The smallest absolute Gasteiger partial charge is 0.115 e. The van der Waals surface area contributed by atoms with Gasteiger partial charge in [0, 0.05) is 0 Å². The summed E-state index contributed by atoms with van der Waals surface area (Å²) in [7, 11) is 0. The number of nitrogens with two attached hydrogens (primary N) is 1. The van der Waals surface area contributed by atoms with Crippen LogP contribution in [0.2, 0.25) is 0 Å². The molecule has 3 N–H and O–H groups in total. The van der Waals surface area contributed by atoms with E-state index in [1.165, 1.54) is 18.4 Å². The summed E-state index contributed by atoms with van der Waals surface area (Å²) in [6.45, 7) is 0.767. The van der Waals surface area contributed by atoms with Gasteiger partial charge in [-0.25, -0.2) is 0 Å². The van der Waals surface area contributed by atoms with E-state index >= 15 is 0 Å². The summed E-state index contributed by atoms with van der Waals surface area (Å²) in [6, 6.07) is 7.47. The summed E-state index contributed by atoms with van der Waals surface area (Å²) < 4.78 is 0. The van der Waals surface area contributed by atoms with Gasteiger partial charge in [-0.3, -0.25) is 0 Å². The average molecular weight is 177 g/mol. The van der Waals surface area contributed by atoms with E-state index in [1.54, 1.807) is 6.07 Å². The second kappa shape index (κ2) is 3.04. The van der Waals surface area contributed by atoms with Gasteiger partial charge in [0.05, 0.1) is 0 Å². The molecule has 0 aliphatic heterocycles. The predicted octanol–water partition coefficient (Wildman–Crippen LogP) is 1.67. The van der Waals surface area contributed by atoms with Crippen LogP contribution < -0.4 is 5.73 Å². The SMILES string of the molecule is NCC1(Cc2cccc(O)c2)CC1. The first-order chi connectivity index (χ1) is 6.24. The van der Waals surface area contributed by atoms with E-state index in [2.05, 4.69) is 6.07 Å². The van der Waals surface area contributed by atoms with Crippen molar-refractivity contribution >= 4 is 0 Å². The minimum Gasteiger partial charge on any atom is -0.508 e. The van der Waals surface area contributed by atoms with E-state index in [0.717, 1.165) is 13.0 Å². The predicted molar refractivity (Wildman–Crippen MR) is 52.5 cm³/mol. The van der Waals surface area contributed by atoms with Crippen molar-refractivity contribution in [1.82, 2.24) is 0 Å². The maximum absolute atomic E-state index is 9.27. The molecule has 70 valence electrons. The summed E-state index contributed by atoms with van der Waals surface area (Å²) in [4.78, 5) is 0. The van der Waals surface area contributed by atoms with Crippen LogP contribution in [0.5, 0.6) is 5.75 Å². The van der Waals surface area contributed by atoms with E-state index in [4.69, 9.17) is 5.73 Å². The summed E-state index contributed by atoms with van der Waals surface area (Å²) in [5, 5.41) is 9.27. The summed E-state index contributed by atoms with van der Waals surface area (Å²) in [6.07, 6.45) is 3.48. The van der Waals surface area contributed by atoms with Crippen LogP contribution in [-0.4, -0.2) is 11.7 Å². The Kier molecular flexibility index (Phi) is 2.00. The van der Waals surface area contributed by atoms with Crippen molar-refractivity contribution in [3.05, 3.63) is 29.8 Å². The van der Waals surface area contributed by atoms with E-state index in [9.17, 15) is 5.11 Å². The van der Waals surface area contributed by atoms with Crippen LogP contribution in [0.3, 0.4) is 0 Å². The van der Waals surface area contributed by atoms with Crippen LogP contribution in [0.4, 0.5) is 0 Å². The van der Waals surface area contributed by atoms with Gasteiger partial charge in [-0.05, 0) is 48.9 Å². The zero-order valence-corrected chi connectivity index (χ0v) is 7.66. The highest BCUT2D eigenvalue weighted by Crippen LogP contribution is 2.47. The number of aromatic hydroxyl groups is 1. The molecule has 1 saturated carbocycles. The van der Waals surface area contributed by atoms with Gasteiger partial charge in [0.25, 0.3) is 0 Å². The number of phenolic OH excluding ortho intramolecular Hbond substituents is 1. The van der Waals surface area contributed by atoms with Gasteiger partial charge in [-0.2, -0.15) is 0 Å². The fourth-order valence-corrected chi connectivity index (χ4v) is 1.73. The lowest BCUT2D eigenvalue weighted by molar-refractivity contribution is 0.471. The largest absolute Gasteiger partial charge is 0.508 e. The molecule has 0 amide bonds. The van der Waals surface area contributed by atoms with E-state index < -0.39 is 0 Å². The first-order valence-electron chi connectivity index (χ1n) is 4.72. The van der Waals surface area contributed by atoms with Crippen molar-refractivity contribution in [1.29, 1.82) is 0 Å². The standard InChI is InChI=1S/C11H15NO/c12-8-11(4-5-11)7-9-2-1-3-10(13)6-9/h1-3,6,13H,4-5,7-8,12H2. The number of benzene rings is 1. The maximum atomic E-state index is 9.27. The molecular formula is C11H15NO. The average Bonchev–Trinajstić information content (AvgIpc) is 2.86. The summed E-state index contributed by atoms with van der Waals surface area (Å²) in [5.41, 5.74) is 7.24. The van der Waals surface area contributed by atoms with Crippen molar-refractivity contribution in [2.75, 3.05) is 6.54 Å². The van der Waals surface area contributed by atoms with Crippen LogP contribution in [-0.2, 0) is 6.42 Å². The highest BCUT2D eigenvalue weighted by atomic mass is 16.3. The first-order valence-corrected chi connectivity index (χ1v) is 4.72. The highest BCUT2D eigenvalue weighted by Gasteiger charge is 2.40. The number of phenols is 1. The van der Waals surface area contributed by atoms with Gasteiger partial charge < -0.3 is 10.8 Å². The molecule has 2 nitrogen and oxygen atoms in total. The Balaban J connectivity index is 2.09. The van der Waals surface area contributed by atoms with E-state index in [-0.39, 0.29) is 0 Å². The molecule has 0 aromatic heterocycles. The zero-order chi connectivity index (χ0) is 9.31. The Hall–Kier alpha value is -1.02. The number of rotatable bonds is 3. The second-order valence-electron chi connectivity index (χ2n) is 4.05. The third-order valence-electron chi connectivity index (χ3n) is 2.88. The molecule has 0 radical (unpaired) electrons. The molecule has 1 aliphatic carbocycles. The number of hydrogen-bond donors (Lipinski definition) is 2.